The van der Waals surface area contributed by atoms with Crippen molar-refractivity contribution in [1.82, 2.24) is 9.88 Å². The fourth-order valence-corrected chi connectivity index (χ4v) is 3.84. The minimum absolute atomic E-state index is 0.529. The standard InChI is InChI=1S/C16H16ClN3OS/c1-2-20-15(19-14-4-3-9-18-10-14)22-11-16(20,21)12-5-7-13(17)8-6-12/h3-10,21H,2,11H2,1H3/t16-/m1/s1. The van der Waals surface area contributed by atoms with Crippen LogP contribution in [0, 0.1) is 0 Å². The topological polar surface area (TPSA) is 48.7 Å². The van der Waals surface area contributed by atoms with Crippen molar-refractivity contribution in [2.24, 2.45) is 4.99 Å². The molecule has 0 radical (unpaired) electrons. The van der Waals surface area contributed by atoms with Crippen LogP contribution in [-0.2, 0) is 5.72 Å². The summed E-state index contributed by atoms with van der Waals surface area (Å²) in [4.78, 5) is 10.6. The third-order valence-corrected chi connectivity index (χ3v) is 4.94. The molecule has 6 heteroatoms. The van der Waals surface area contributed by atoms with Crippen LogP contribution >= 0.6 is 23.4 Å². The van der Waals surface area contributed by atoms with E-state index in [-0.39, 0.29) is 0 Å². The third kappa shape index (κ3) is 2.84. The van der Waals surface area contributed by atoms with Crippen LogP contribution in [0.2, 0.25) is 5.02 Å². The van der Waals surface area contributed by atoms with Gasteiger partial charge in [-0.1, -0.05) is 35.5 Å². The molecular weight excluding hydrogens is 318 g/mol. The average molecular weight is 334 g/mol. The maximum absolute atomic E-state index is 11.1. The highest BCUT2D eigenvalue weighted by Gasteiger charge is 2.43. The number of amidine groups is 1. The van der Waals surface area contributed by atoms with Crippen molar-refractivity contribution in [2.75, 3.05) is 12.3 Å². The molecule has 1 aliphatic rings. The molecule has 0 saturated carbocycles. The monoisotopic (exact) mass is 333 g/mol. The number of aliphatic imine (C=N–C) groups is 1. The maximum atomic E-state index is 11.1. The number of hydrogen-bond donors (Lipinski definition) is 1. The van der Waals surface area contributed by atoms with Crippen LogP contribution in [0.25, 0.3) is 0 Å². The highest BCUT2D eigenvalue weighted by atomic mass is 35.5. The minimum Gasteiger partial charge on any atom is -0.366 e. The Morgan fingerprint density at radius 1 is 1.36 bits per heavy atom. The predicted octanol–water partition coefficient (Wildman–Crippen LogP) is 3.64. The molecular formula is C16H16ClN3OS. The van der Waals surface area contributed by atoms with Crippen molar-refractivity contribution in [2.45, 2.75) is 12.6 Å². The molecule has 2 heterocycles. The fourth-order valence-electron chi connectivity index (χ4n) is 2.46. The molecule has 0 unspecified atom stereocenters. The van der Waals surface area contributed by atoms with Crippen LogP contribution < -0.4 is 0 Å². The second-order valence-corrected chi connectivity index (χ2v) is 6.34. The lowest BCUT2D eigenvalue weighted by Crippen LogP contribution is -2.44. The summed E-state index contributed by atoms with van der Waals surface area (Å²) < 4.78 is 0. The molecule has 3 rings (SSSR count). The summed E-state index contributed by atoms with van der Waals surface area (Å²) >= 11 is 7.48. The number of hydrogen-bond acceptors (Lipinski definition) is 4. The normalized spacial score (nSPS) is 23.2. The van der Waals surface area contributed by atoms with E-state index in [0.717, 1.165) is 16.4 Å². The van der Waals surface area contributed by atoms with Crippen molar-refractivity contribution < 1.29 is 5.11 Å². The number of nitrogens with zero attached hydrogens (tertiary/aromatic N) is 3. The van der Waals surface area contributed by atoms with Crippen LogP contribution in [0.15, 0.2) is 53.8 Å². The molecule has 1 N–H and O–H groups in total. The van der Waals surface area contributed by atoms with Crippen LogP contribution in [0.5, 0.6) is 0 Å². The molecule has 1 fully saturated rings. The Bertz CT molecular complexity index is 678. The highest BCUT2D eigenvalue weighted by molar-refractivity contribution is 8.14. The number of aromatic nitrogens is 1. The van der Waals surface area contributed by atoms with Crippen molar-refractivity contribution in [3.8, 4) is 0 Å². The lowest BCUT2D eigenvalue weighted by molar-refractivity contribution is -0.0452. The van der Waals surface area contributed by atoms with Gasteiger partial charge in [0.2, 0.25) is 0 Å². The molecule has 22 heavy (non-hydrogen) atoms. The van der Waals surface area contributed by atoms with E-state index in [4.69, 9.17) is 11.6 Å². The van der Waals surface area contributed by atoms with Crippen LogP contribution in [0.1, 0.15) is 12.5 Å². The summed E-state index contributed by atoms with van der Waals surface area (Å²) in [6.45, 7) is 2.66. The molecule has 1 aromatic carbocycles. The van der Waals surface area contributed by atoms with Crippen molar-refractivity contribution in [3.05, 3.63) is 59.4 Å². The molecule has 0 spiro atoms. The Kier molecular flexibility index (Phi) is 4.38. The highest BCUT2D eigenvalue weighted by Crippen LogP contribution is 2.39. The Balaban J connectivity index is 1.95. The first-order valence-electron chi connectivity index (χ1n) is 7.01. The van der Waals surface area contributed by atoms with Crippen LogP contribution in [0.4, 0.5) is 5.69 Å². The Hall–Kier alpha value is -1.56. The zero-order valence-electron chi connectivity index (χ0n) is 12.1. The molecule has 1 saturated heterocycles. The van der Waals surface area contributed by atoms with Gasteiger partial charge in [-0.3, -0.25) is 4.98 Å². The Morgan fingerprint density at radius 3 is 2.77 bits per heavy atom. The van der Waals surface area contributed by atoms with Crippen molar-refractivity contribution in [3.63, 3.8) is 0 Å². The van der Waals surface area contributed by atoms with Crippen molar-refractivity contribution >= 4 is 34.2 Å². The van der Waals surface area contributed by atoms with E-state index < -0.39 is 5.72 Å². The summed E-state index contributed by atoms with van der Waals surface area (Å²) in [6.07, 6.45) is 3.42. The zero-order chi connectivity index (χ0) is 15.6. The predicted molar refractivity (Wildman–Crippen MR) is 91.5 cm³/mol. The Morgan fingerprint density at radius 2 is 2.14 bits per heavy atom. The lowest BCUT2D eigenvalue weighted by atomic mass is 10.0. The molecule has 4 nitrogen and oxygen atoms in total. The van der Waals surface area contributed by atoms with Gasteiger partial charge in [0, 0.05) is 23.3 Å². The summed E-state index contributed by atoms with van der Waals surface area (Å²) in [5, 5.41) is 12.6. The molecule has 0 aliphatic carbocycles. The van der Waals surface area contributed by atoms with Crippen LogP contribution in [-0.4, -0.2) is 32.5 Å². The van der Waals surface area contributed by atoms with Gasteiger partial charge in [-0.2, -0.15) is 0 Å². The lowest BCUT2D eigenvalue weighted by Gasteiger charge is -2.33. The van der Waals surface area contributed by atoms with Gasteiger partial charge in [-0.25, -0.2) is 4.99 Å². The van der Waals surface area contributed by atoms with Crippen LogP contribution in [0.3, 0.4) is 0 Å². The van der Waals surface area contributed by atoms with E-state index in [1.165, 1.54) is 0 Å². The number of halogens is 1. The molecule has 0 amide bonds. The SMILES string of the molecule is CCN1C(=Nc2cccnc2)SC[C@@]1(O)c1ccc(Cl)cc1. The second kappa shape index (κ2) is 6.28. The Labute approximate surface area is 138 Å². The van der Waals surface area contributed by atoms with Gasteiger partial charge in [-0.15, -0.1) is 0 Å². The largest absolute Gasteiger partial charge is 0.366 e. The quantitative estimate of drug-likeness (QED) is 0.931. The van der Waals surface area contributed by atoms with Gasteiger partial charge in [0.25, 0.3) is 0 Å². The zero-order valence-corrected chi connectivity index (χ0v) is 13.7. The third-order valence-electron chi connectivity index (χ3n) is 3.57. The summed E-state index contributed by atoms with van der Waals surface area (Å²) in [5.74, 6) is 0.529. The van der Waals surface area contributed by atoms with Gasteiger partial charge in [0.15, 0.2) is 10.9 Å². The number of benzene rings is 1. The van der Waals surface area contributed by atoms with Crippen molar-refractivity contribution in [1.29, 1.82) is 0 Å². The summed E-state index contributed by atoms with van der Waals surface area (Å²) in [5.41, 5.74) is 0.539. The van der Waals surface area contributed by atoms with Gasteiger partial charge in [-0.05, 0) is 31.2 Å². The first-order chi connectivity index (χ1) is 10.6. The number of rotatable bonds is 3. The van der Waals surface area contributed by atoms with E-state index in [1.807, 2.05) is 36.1 Å². The van der Waals surface area contributed by atoms with Gasteiger partial charge in [0.05, 0.1) is 17.6 Å². The smallest absolute Gasteiger partial charge is 0.175 e. The summed E-state index contributed by atoms with van der Waals surface area (Å²) in [6, 6.07) is 11.1. The molecule has 114 valence electrons. The average Bonchev–Trinajstić information content (AvgIpc) is 2.86. The number of thioether (sulfide) groups is 1. The summed E-state index contributed by atoms with van der Waals surface area (Å²) in [7, 11) is 0. The first-order valence-corrected chi connectivity index (χ1v) is 8.37. The van der Waals surface area contributed by atoms with E-state index >= 15 is 0 Å². The van der Waals surface area contributed by atoms with Gasteiger partial charge < -0.3 is 10.0 Å². The van der Waals surface area contributed by atoms with E-state index in [1.54, 1.807) is 36.3 Å². The van der Waals surface area contributed by atoms with Gasteiger partial charge in [0.1, 0.15) is 0 Å². The maximum Gasteiger partial charge on any atom is 0.175 e. The molecule has 2 aromatic rings. The van der Waals surface area contributed by atoms with E-state index in [9.17, 15) is 5.11 Å². The molecule has 1 atom stereocenters. The van der Waals surface area contributed by atoms with Gasteiger partial charge >= 0.3 is 0 Å². The first kappa shape index (κ1) is 15.3. The number of pyridine rings is 1. The van der Waals surface area contributed by atoms with E-state index in [2.05, 4.69) is 9.98 Å². The fraction of sp³-hybridized carbons (Fsp3) is 0.250. The minimum atomic E-state index is -1.06. The van der Waals surface area contributed by atoms with E-state index in [0.29, 0.717) is 17.3 Å². The molecule has 0 bridgehead atoms. The number of aliphatic hydroxyl groups is 1. The molecule has 1 aliphatic heterocycles. The second-order valence-electron chi connectivity index (χ2n) is 4.96. The molecule has 1 aromatic heterocycles.